The number of Topliss-reactive ketones (excluding diaryl/α,β-unsaturated/α-hetero) is 1. The molecule has 1 unspecified atom stereocenters. The lowest BCUT2D eigenvalue weighted by atomic mass is 10.0. The van der Waals surface area contributed by atoms with Gasteiger partial charge in [0.2, 0.25) is 0 Å². The summed E-state index contributed by atoms with van der Waals surface area (Å²) in [6.45, 7) is 3.69. The molecule has 9 nitrogen and oxygen atoms in total. The van der Waals surface area contributed by atoms with Crippen LogP contribution in [-0.2, 0) is 17.8 Å². The number of rotatable bonds is 7. The number of imidazole rings is 1. The van der Waals surface area contributed by atoms with E-state index < -0.39 is 0 Å². The van der Waals surface area contributed by atoms with E-state index in [2.05, 4.69) is 15.1 Å². The summed E-state index contributed by atoms with van der Waals surface area (Å²) in [4.78, 5) is 25.4. The van der Waals surface area contributed by atoms with E-state index >= 15 is 0 Å². The topological polar surface area (TPSA) is 96.4 Å². The van der Waals surface area contributed by atoms with Crippen molar-refractivity contribution < 1.29 is 14.3 Å². The number of hydrogen-bond acceptors (Lipinski definition) is 7. The van der Waals surface area contributed by atoms with Gasteiger partial charge in [-0.15, -0.1) is 0 Å². The van der Waals surface area contributed by atoms with Gasteiger partial charge in [-0.05, 0) is 19.1 Å². The van der Waals surface area contributed by atoms with Crippen LogP contribution in [0, 0.1) is 0 Å². The molecule has 0 fully saturated rings. The Hall–Kier alpha value is -3.33. The van der Waals surface area contributed by atoms with Crippen LogP contribution < -0.4 is 4.74 Å². The fraction of sp³-hybridized carbons (Fsp3) is 0.381. The first-order valence-corrected chi connectivity index (χ1v) is 9.80. The first-order chi connectivity index (χ1) is 14.6. The molecule has 1 aliphatic rings. The van der Waals surface area contributed by atoms with Crippen molar-refractivity contribution in [2.75, 3.05) is 20.8 Å². The Morgan fingerprint density at radius 2 is 2.27 bits per heavy atom. The molecule has 1 aromatic carbocycles. The minimum atomic E-state index is 0.000595. The number of aromatic nitrogens is 5. The number of carbonyl (C=O) groups is 1. The number of carbonyl (C=O) groups excluding carboxylic acids is 1. The second-order valence-corrected chi connectivity index (χ2v) is 7.08. The van der Waals surface area contributed by atoms with Gasteiger partial charge < -0.3 is 19.0 Å². The highest BCUT2D eigenvalue weighted by Crippen LogP contribution is 2.34. The molecule has 1 aliphatic heterocycles. The molecule has 0 bridgehead atoms. The minimum absolute atomic E-state index is 0.000595. The summed E-state index contributed by atoms with van der Waals surface area (Å²) in [7, 11) is 3.33. The second-order valence-electron chi connectivity index (χ2n) is 7.08. The molecule has 0 saturated heterocycles. The first-order valence-electron chi connectivity index (χ1n) is 9.80. The number of ketones is 1. The predicted molar refractivity (Wildman–Crippen MR) is 112 cm³/mol. The van der Waals surface area contributed by atoms with E-state index in [-0.39, 0.29) is 18.3 Å². The standard InChI is InChI=1S/C21H24N6O3/c1-14(29-3)11-27-21(23-13-24-27)17-12-26-8-9-30-19-10-15(18(28)6-7-22-2)4-5-16(19)20(26)25-17/h4-5,7,10,12-14H,6,8-9,11H2,1-3H3. The maximum atomic E-state index is 12.3. The Bertz CT molecular complexity index is 1080. The Morgan fingerprint density at radius 3 is 3.07 bits per heavy atom. The third-order valence-electron chi connectivity index (χ3n) is 5.05. The van der Waals surface area contributed by atoms with Crippen molar-refractivity contribution >= 4 is 12.0 Å². The lowest BCUT2D eigenvalue weighted by Crippen LogP contribution is -2.16. The summed E-state index contributed by atoms with van der Waals surface area (Å²) in [5, 5.41) is 4.31. The highest BCUT2D eigenvalue weighted by atomic mass is 16.5. The molecule has 0 aliphatic carbocycles. The van der Waals surface area contributed by atoms with Gasteiger partial charge in [0.1, 0.15) is 30.2 Å². The van der Waals surface area contributed by atoms with Gasteiger partial charge in [0.25, 0.3) is 0 Å². The predicted octanol–water partition coefficient (Wildman–Crippen LogP) is 2.51. The average Bonchev–Trinajstić information content (AvgIpc) is 3.35. The summed E-state index contributed by atoms with van der Waals surface area (Å²) < 4.78 is 15.1. The molecule has 0 amide bonds. The van der Waals surface area contributed by atoms with Crippen molar-refractivity contribution in [3.05, 3.63) is 36.3 Å². The van der Waals surface area contributed by atoms with Crippen LogP contribution in [0.3, 0.4) is 0 Å². The van der Waals surface area contributed by atoms with Crippen molar-refractivity contribution in [3.8, 4) is 28.7 Å². The summed E-state index contributed by atoms with van der Waals surface area (Å²) >= 11 is 0. The van der Waals surface area contributed by atoms with Gasteiger partial charge in [-0.2, -0.15) is 5.10 Å². The molecule has 0 radical (unpaired) electrons. The van der Waals surface area contributed by atoms with Gasteiger partial charge in [0, 0.05) is 38.6 Å². The van der Waals surface area contributed by atoms with E-state index in [0.29, 0.717) is 36.8 Å². The van der Waals surface area contributed by atoms with Gasteiger partial charge in [-0.1, -0.05) is 6.07 Å². The van der Waals surface area contributed by atoms with Crippen LogP contribution in [-0.4, -0.2) is 63.2 Å². The first kappa shape index (κ1) is 20.0. The maximum absolute atomic E-state index is 12.3. The van der Waals surface area contributed by atoms with Crippen LogP contribution in [0.5, 0.6) is 5.75 Å². The van der Waals surface area contributed by atoms with E-state index in [1.54, 1.807) is 37.2 Å². The van der Waals surface area contributed by atoms with Crippen molar-refractivity contribution in [3.63, 3.8) is 0 Å². The highest BCUT2D eigenvalue weighted by Gasteiger charge is 2.22. The lowest BCUT2D eigenvalue weighted by Gasteiger charge is -2.10. The van der Waals surface area contributed by atoms with Crippen molar-refractivity contribution in [1.29, 1.82) is 0 Å². The van der Waals surface area contributed by atoms with E-state index in [9.17, 15) is 4.79 Å². The lowest BCUT2D eigenvalue weighted by molar-refractivity contribution is 0.0998. The summed E-state index contributed by atoms with van der Waals surface area (Å²) in [6, 6.07) is 5.48. The average molecular weight is 408 g/mol. The number of methoxy groups -OCH3 is 1. The van der Waals surface area contributed by atoms with Crippen LogP contribution in [0.4, 0.5) is 0 Å². The van der Waals surface area contributed by atoms with Crippen LogP contribution in [0.25, 0.3) is 22.9 Å². The highest BCUT2D eigenvalue weighted by molar-refractivity contribution is 6.04. The molecular formula is C21H24N6O3. The number of ether oxygens (including phenoxy) is 2. The minimum Gasteiger partial charge on any atom is -0.491 e. The Morgan fingerprint density at radius 1 is 1.40 bits per heavy atom. The molecule has 0 N–H and O–H groups in total. The molecule has 3 heterocycles. The fourth-order valence-corrected chi connectivity index (χ4v) is 3.37. The SMILES string of the molecule is CN=CCC(=O)c1ccc2c(c1)OCCn1cc(-c3ncnn3CC(C)OC)nc1-2. The van der Waals surface area contributed by atoms with Crippen LogP contribution in [0.1, 0.15) is 23.7 Å². The number of hydrogen-bond donors (Lipinski definition) is 0. The van der Waals surface area contributed by atoms with Gasteiger partial charge >= 0.3 is 0 Å². The molecule has 3 aromatic rings. The van der Waals surface area contributed by atoms with Crippen LogP contribution >= 0.6 is 0 Å². The number of nitrogens with zero attached hydrogens (tertiary/aromatic N) is 6. The summed E-state index contributed by atoms with van der Waals surface area (Å²) in [5.74, 6) is 2.12. The zero-order valence-electron chi connectivity index (χ0n) is 17.3. The maximum Gasteiger partial charge on any atom is 0.178 e. The van der Waals surface area contributed by atoms with Crippen LogP contribution in [0.15, 0.2) is 35.7 Å². The molecule has 1 atom stereocenters. The van der Waals surface area contributed by atoms with Gasteiger partial charge in [0.05, 0.1) is 24.8 Å². The largest absolute Gasteiger partial charge is 0.491 e. The third-order valence-corrected chi connectivity index (χ3v) is 5.05. The molecule has 4 rings (SSSR count). The van der Waals surface area contributed by atoms with Crippen molar-refractivity contribution in [2.45, 2.75) is 32.5 Å². The third kappa shape index (κ3) is 3.88. The molecule has 2 aromatic heterocycles. The Kier molecular flexibility index (Phi) is 5.71. The van der Waals surface area contributed by atoms with Crippen LogP contribution in [0.2, 0.25) is 0 Å². The smallest absolute Gasteiger partial charge is 0.178 e. The van der Waals surface area contributed by atoms with Gasteiger partial charge in [0.15, 0.2) is 11.6 Å². The number of fused-ring (bicyclic) bond motifs is 3. The zero-order chi connectivity index (χ0) is 21.1. The normalized spacial score (nSPS) is 14.1. The van der Waals surface area contributed by atoms with E-state index in [0.717, 1.165) is 17.1 Å². The molecule has 9 heteroatoms. The molecule has 30 heavy (non-hydrogen) atoms. The van der Waals surface area contributed by atoms with Crippen molar-refractivity contribution in [2.24, 2.45) is 4.99 Å². The number of aliphatic imine (C=N–C) groups is 1. The van der Waals surface area contributed by atoms with E-state index in [4.69, 9.17) is 14.5 Å². The summed E-state index contributed by atoms with van der Waals surface area (Å²) in [5.41, 5.74) is 2.18. The van der Waals surface area contributed by atoms with E-state index in [1.165, 1.54) is 6.33 Å². The number of benzene rings is 1. The second kappa shape index (κ2) is 8.58. The van der Waals surface area contributed by atoms with Crippen molar-refractivity contribution in [1.82, 2.24) is 24.3 Å². The zero-order valence-corrected chi connectivity index (χ0v) is 17.3. The quantitative estimate of drug-likeness (QED) is 0.440. The fourth-order valence-electron chi connectivity index (χ4n) is 3.37. The molecular weight excluding hydrogens is 384 g/mol. The molecule has 0 spiro atoms. The summed E-state index contributed by atoms with van der Waals surface area (Å²) in [6.07, 6.45) is 5.37. The Balaban J connectivity index is 1.69. The van der Waals surface area contributed by atoms with Gasteiger partial charge in [-0.3, -0.25) is 4.79 Å². The molecule has 156 valence electrons. The Labute approximate surface area is 174 Å². The van der Waals surface area contributed by atoms with Gasteiger partial charge in [-0.25, -0.2) is 14.6 Å². The molecule has 0 saturated carbocycles. The monoisotopic (exact) mass is 408 g/mol. The van der Waals surface area contributed by atoms with E-state index in [1.807, 2.05) is 23.8 Å².